The Bertz CT molecular complexity index is 461. The molecule has 104 valence electrons. The molecule has 0 saturated heterocycles. The van der Waals surface area contributed by atoms with Crippen LogP contribution < -0.4 is 5.32 Å². The summed E-state index contributed by atoms with van der Waals surface area (Å²) in [7, 11) is 0. The molecule has 1 saturated carbocycles. The molecule has 0 bridgehead atoms. The third-order valence-electron chi connectivity index (χ3n) is 3.83. The molecule has 1 aliphatic carbocycles. The monoisotopic (exact) mass is 280 g/mol. The Hall–Kier alpha value is -1.09. The number of nitrogens with zero attached hydrogens (tertiary/aromatic N) is 1. The molecule has 2 unspecified atom stereocenters. The molecule has 1 fully saturated rings. The minimum atomic E-state index is -0.115. The van der Waals surface area contributed by atoms with Gasteiger partial charge in [0.25, 0.3) is 5.91 Å². The van der Waals surface area contributed by atoms with E-state index in [1.807, 2.05) is 6.92 Å². The van der Waals surface area contributed by atoms with E-state index < -0.39 is 0 Å². The SMILES string of the molecule is Cc1cc(Cl)c(C(=O)NCC2CCCC(C)C2)cn1. The summed E-state index contributed by atoms with van der Waals surface area (Å²) in [5.41, 5.74) is 1.29. The summed E-state index contributed by atoms with van der Waals surface area (Å²) in [4.78, 5) is 16.2. The molecular weight excluding hydrogens is 260 g/mol. The van der Waals surface area contributed by atoms with Gasteiger partial charge in [-0.15, -0.1) is 0 Å². The lowest BCUT2D eigenvalue weighted by atomic mass is 9.82. The summed E-state index contributed by atoms with van der Waals surface area (Å²) >= 11 is 6.07. The van der Waals surface area contributed by atoms with E-state index in [-0.39, 0.29) is 5.91 Å². The van der Waals surface area contributed by atoms with Crippen molar-refractivity contribution < 1.29 is 4.79 Å². The minimum Gasteiger partial charge on any atom is -0.352 e. The van der Waals surface area contributed by atoms with Gasteiger partial charge in [0.15, 0.2) is 0 Å². The van der Waals surface area contributed by atoms with E-state index in [4.69, 9.17) is 11.6 Å². The van der Waals surface area contributed by atoms with Crippen LogP contribution in [0.1, 0.15) is 48.7 Å². The van der Waals surface area contributed by atoms with Gasteiger partial charge in [-0.1, -0.05) is 31.4 Å². The Kier molecular flexibility index (Phi) is 4.81. The lowest BCUT2D eigenvalue weighted by Gasteiger charge is -2.26. The predicted octanol–water partition coefficient (Wildman–Crippen LogP) is 3.60. The lowest BCUT2D eigenvalue weighted by Crippen LogP contribution is -2.31. The number of hydrogen-bond donors (Lipinski definition) is 1. The zero-order valence-corrected chi connectivity index (χ0v) is 12.3. The summed E-state index contributed by atoms with van der Waals surface area (Å²) < 4.78 is 0. The molecule has 0 spiro atoms. The number of carbonyl (C=O) groups is 1. The summed E-state index contributed by atoms with van der Waals surface area (Å²) in [6.07, 6.45) is 6.56. The van der Waals surface area contributed by atoms with Crippen molar-refractivity contribution in [1.82, 2.24) is 10.3 Å². The van der Waals surface area contributed by atoms with Crippen molar-refractivity contribution in [1.29, 1.82) is 0 Å². The van der Waals surface area contributed by atoms with E-state index in [2.05, 4.69) is 17.2 Å². The fourth-order valence-corrected chi connectivity index (χ4v) is 3.06. The zero-order chi connectivity index (χ0) is 13.8. The van der Waals surface area contributed by atoms with Crippen LogP contribution in [-0.4, -0.2) is 17.4 Å². The fourth-order valence-electron chi connectivity index (χ4n) is 2.77. The molecule has 4 heteroatoms. The Morgan fingerprint density at radius 2 is 2.32 bits per heavy atom. The highest BCUT2D eigenvalue weighted by atomic mass is 35.5. The van der Waals surface area contributed by atoms with Crippen molar-refractivity contribution in [2.24, 2.45) is 11.8 Å². The number of hydrogen-bond acceptors (Lipinski definition) is 2. The Morgan fingerprint density at radius 3 is 3.00 bits per heavy atom. The maximum Gasteiger partial charge on any atom is 0.254 e. The predicted molar refractivity (Wildman–Crippen MR) is 77.4 cm³/mol. The quantitative estimate of drug-likeness (QED) is 0.919. The second-order valence-electron chi connectivity index (χ2n) is 5.65. The van der Waals surface area contributed by atoms with Crippen molar-refractivity contribution in [3.05, 3.63) is 28.5 Å². The molecule has 0 aromatic carbocycles. The van der Waals surface area contributed by atoms with Gasteiger partial charge in [0.1, 0.15) is 0 Å². The smallest absolute Gasteiger partial charge is 0.254 e. The number of carbonyl (C=O) groups excluding carboxylic acids is 1. The number of nitrogens with one attached hydrogen (secondary N) is 1. The molecule has 0 aliphatic heterocycles. The number of halogens is 1. The summed E-state index contributed by atoms with van der Waals surface area (Å²) in [5.74, 6) is 1.26. The molecule has 1 aromatic heterocycles. The van der Waals surface area contributed by atoms with Crippen LogP contribution in [0, 0.1) is 18.8 Å². The van der Waals surface area contributed by atoms with Crippen LogP contribution in [0.4, 0.5) is 0 Å². The fraction of sp³-hybridized carbons (Fsp3) is 0.600. The third-order valence-corrected chi connectivity index (χ3v) is 4.14. The van der Waals surface area contributed by atoms with E-state index in [9.17, 15) is 4.79 Å². The van der Waals surface area contributed by atoms with Crippen LogP contribution in [0.15, 0.2) is 12.3 Å². The van der Waals surface area contributed by atoms with Crippen molar-refractivity contribution >= 4 is 17.5 Å². The molecule has 1 amide bonds. The van der Waals surface area contributed by atoms with Gasteiger partial charge < -0.3 is 5.32 Å². The molecular formula is C15H21ClN2O. The Balaban J connectivity index is 1.90. The first-order valence-corrected chi connectivity index (χ1v) is 7.34. The molecule has 2 rings (SSSR count). The van der Waals surface area contributed by atoms with E-state index in [0.717, 1.165) is 18.2 Å². The van der Waals surface area contributed by atoms with Crippen LogP contribution in [0.2, 0.25) is 5.02 Å². The molecule has 3 nitrogen and oxygen atoms in total. The van der Waals surface area contributed by atoms with Crippen LogP contribution in [0.25, 0.3) is 0 Å². The topological polar surface area (TPSA) is 42.0 Å². The average molecular weight is 281 g/mol. The van der Waals surface area contributed by atoms with Crippen molar-refractivity contribution in [2.45, 2.75) is 39.5 Å². The largest absolute Gasteiger partial charge is 0.352 e. The second-order valence-corrected chi connectivity index (χ2v) is 6.06. The van der Waals surface area contributed by atoms with Crippen LogP contribution in [0.5, 0.6) is 0 Å². The third kappa shape index (κ3) is 3.93. The standard InChI is InChI=1S/C15H21ClN2O/c1-10-4-3-5-12(6-10)8-18-15(19)13-9-17-11(2)7-14(13)16/h7,9-10,12H,3-6,8H2,1-2H3,(H,18,19). The summed E-state index contributed by atoms with van der Waals surface area (Å²) in [6.45, 7) is 4.89. The van der Waals surface area contributed by atoms with Crippen LogP contribution in [-0.2, 0) is 0 Å². The first-order valence-electron chi connectivity index (χ1n) is 6.96. The van der Waals surface area contributed by atoms with Gasteiger partial charge in [0.2, 0.25) is 0 Å². The number of rotatable bonds is 3. The Morgan fingerprint density at radius 1 is 1.53 bits per heavy atom. The van der Waals surface area contributed by atoms with Crippen molar-refractivity contribution in [2.75, 3.05) is 6.54 Å². The normalized spacial score (nSPS) is 23.1. The zero-order valence-electron chi connectivity index (χ0n) is 11.6. The van der Waals surface area contributed by atoms with Crippen LogP contribution in [0.3, 0.4) is 0 Å². The number of amides is 1. The van der Waals surface area contributed by atoms with Crippen molar-refractivity contribution in [3.63, 3.8) is 0 Å². The molecule has 1 N–H and O–H groups in total. The first kappa shape index (κ1) is 14.3. The molecule has 1 heterocycles. The summed E-state index contributed by atoms with van der Waals surface area (Å²) in [5, 5.41) is 3.46. The lowest BCUT2D eigenvalue weighted by molar-refractivity contribution is 0.0940. The first-order chi connectivity index (χ1) is 9.06. The highest BCUT2D eigenvalue weighted by Gasteiger charge is 2.20. The highest BCUT2D eigenvalue weighted by molar-refractivity contribution is 6.33. The minimum absolute atomic E-state index is 0.115. The van der Waals surface area contributed by atoms with Gasteiger partial charge in [-0.25, -0.2) is 0 Å². The molecule has 2 atom stereocenters. The average Bonchev–Trinajstić information content (AvgIpc) is 2.36. The van der Waals surface area contributed by atoms with Crippen molar-refractivity contribution in [3.8, 4) is 0 Å². The van der Waals surface area contributed by atoms with E-state index in [1.54, 1.807) is 12.3 Å². The molecule has 1 aliphatic rings. The van der Waals surface area contributed by atoms with Gasteiger partial charge in [0, 0.05) is 18.4 Å². The maximum absolute atomic E-state index is 12.1. The van der Waals surface area contributed by atoms with E-state index >= 15 is 0 Å². The Labute approximate surface area is 119 Å². The molecule has 0 radical (unpaired) electrons. The molecule has 1 aromatic rings. The number of aryl methyl sites for hydroxylation is 1. The summed E-state index contributed by atoms with van der Waals surface area (Å²) in [6, 6.07) is 1.72. The molecule has 19 heavy (non-hydrogen) atoms. The van der Waals surface area contributed by atoms with E-state index in [0.29, 0.717) is 16.5 Å². The number of pyridine rings is 1. The van der Waals surface area contributed by atoms with Crippen LogP contribution >= 0.6 is 11.6 Å². The maximum atomic E-state index is 12.1. The van der Waals surface area contributed by atoms with Gasteiger partial charge in [-0.2, -0.15) is 0 Å². The second kappa shape index (κ2) is 6.38. The number of aromatic nitrogens is 1. The van der Waals surface area contributed by atoms with Gasteiger partial charge in [-0.3, -0.25) is 9.78 Å². The van der Waals surface area contributed by atoms with Gasteiger partial charge in [-0.05, 0) is 37.7 Å². The highest BCUT2D eigenvalue weighted by Crippen LogP contribution is 2.28. The van der Waals surface area contributed by atoms with E-state index in [1.165, 1.54) is 25.7 Å². The van der Waals surface area contributed by atoms with Gasteiger partial charge >= 0.3 is 0 Å². The van der Waals surface area contributed by atoms with Gasteiger partial charge in [0.05, 0.1) is 10.6 Å².